The minimum atomic E-state index is -0.547. The lowest BCUT2D eigenvalue weighted by Crippen LogP contribution is -2.32. The van der Waals surface area contributed by atoms with Crippen molar-refractivity contribution in [3.63, 3.8) is 0 Å². The first-order valence-electron chi connectivity index (χ1n) is 10.7. The Morgan fingerprint density at radius 1 is 1.03 bits per heavy atom. The maximum atomic E-state index is 13.8. The Hall–Kier alpha value is -4.00. The smallest absolute Gasteiger partial charge is 0.255 e. The SMILES string of the molecule is Cc1cccc(NC(=O)c2cccc(N3C[C@@H](C(=O)NCc4ccccc4F)CC3=O)c2)c1. The number of nitrogens with zero attached hydrogens (tertiary/aromatic N) is 1. The van der Waals surface area contributed by atoms with Gasteiger partial charge in [0.2, 0.25) is 11.8 Å². The molecule has 33 heavy (non-hydrogen) atoms. The number of aryl methyl sites for hydroxylation is 1. The van der Waals surface area contributed by atoms with Gasteiger partial charge in [-0.25, -0.2) is 4.39 Å². The van der Waals surface area contributed by atoms with Crippen LogP contribution in [0.3, 0.4) is 0 Å². The molecule has 1 heterocycles. The fourth-order valence-electron chi connectivity index (χ4n) is 3.84. The van der Waals surface area contributed by atoms with E-state index >= 15 is 0 Å². The van der Waals surface area contributed by atoms with E-state index in [4.69, 9.17) is 0 Å². The van der Waals surface area contributed by atoms with Crippen molar-refractivity contribution in [1.29, 1.82) is 0 Å². The molecule has 0 saturated carbocycles. The zero-order chi connectivity index (χ0) is 23.4. The van der Waals surface area contributed by atoms with Gasteiger partial charge in [0.25, 0.3) is 5.91 Å². The molecule has 3 amide bonds. The van der Waals surface area contributed by atoms with Crippen LogP contribution in [0, 0.1) is 18.7 Å². The predicted octanol–water partition coefficient (Wildman–Crippen LogP) is 4.06. The molecular weight excluding hydrogens is 421 g/mol. The minimum absolute atomic E-state index is 0.0584. The second-order valence-electron chi connectivity index (χ2n) is 8.09. The zero-order valence-corrected chi connectivity index (χ0v) is 18.2. The average molecular weight is 445 g/mol. The van der Waals surface area contributed by atoms with Crippen molar-refractivity contribution in [2.45, 2.75) is 19.9 Å². The lowest BCUT2D eigenvalue weighted by atomic mass is 10.1. The highest BCUT2D eigenvalue weighted by Gasteiger charge is 2.35. The van der Waals surface area contributed by atoms with E-state index in [2.05, 4.69) is 10.6 Å². The van der Waals surface area contributed by atoms with E-state index in [-0.39, 0.29) is 43.0 Å². The van der Waals surface area contributed by atoms with Crippen LogP contribution in [0.5, 0.6) is 0 Å². The maximum Gasteiger partial charge on any atom is 0.255 e. The molecule has 1 aliphatic rings. The summed E-state index contributed by atoms with van der Waals surface area (Å²) in [7, 11) is 0. The Morgan fingerprint density at radius 2 is 1.82 bits per heavy atom. The van der Waals surface area contributed by atoms with Gasteiger partial charge in [0, 0.05) is 42.0 Å². The summed E-state index contributed by atoms with van der Waals surface area (Å²) < 4.78 is 13.8. The molecule has 168 valence electrons. The number of amides is 3. The summed E-state index contributed by atoms with van der Waals surface area (Å²) in [5.41, 5.74) is 3.08. The number of carbonyl (C=O) groups is 3. The Labute approximate surface area is 191 Å². The average Bonchev–Trinajstić information content (AvgIpc) is 3.20. The van der Waals surface area contributed by atoms with Crippen LogP contribution in [0.4, 0.5) is 15.8 Å². The Morgan fingerprint density at radius 3 is 2.61 bits per heavy atom. The van der Waals surface area contributed by atoms with Gasteiger partial charge >= 0.3 is 0 Å². The van der Waals surface area contributed by atoms with Crippen molar-refractivity contribution in [3.05, 3.63) is 95.3 Å². The highest BCUT2D eigenvalue weighted by Crippen LogP contribution is 2.26. The number of benzene rings is 3. The second kappa shape index (κ2) is 9.65. The van der Waals surface area contributed by atoms with Gasteiger partial charge in [-0.2, -0.15) is 0 Å². The highest BCUT2D eigenvalue weighted by molar-refractivity contribution is 6.06. The summed E-state index contributed by atoms with van der Waals surface area (Å²) in [6.07, 6.45) is 0.0584. The molecular formula is C26H24FN3O3. The summed E-state index contributed by atoms with van der Waals surface area (Å²) in [4.78, 5) is 39.4. The third-order valence-corrected chi connectivity index (χ3v) is 5.60. The maximum absolute atomic E-state index is 13.8. The molecule has 0 unspecified atom stereocenters. The summed E-state index contributed by atoms with van der Waals surface area (Å²) in [6.45, 7) is 2.20. The van der Waals surface area contributed by atoms with Gasteiger partial charge in [0.15, 0.2) is 0 Å². The standard InChI is InChI=1S/C26H24FN3O3/c1-17-6-4-9-21(12-17)29-26(33)18-8-5-10-22(13-18)30-16-20(14-24(30)31)25(32)28-15-19-7-2-3-11-23(19)27/h2-13,20H,14-16H2,1H3,(H,28,32)(H,29,33)/t20-/m0/s1. The van der Waals surface area contributed by atoms with E-state index < -0.39 is 5.92 Å². The number of hydrogen-bond donors (Lipinski definition) is 2. The molecule has 1 atom stereocenters. The number of anilines is 2. The molecule has 1 saturated heterocycles. The first-order valence-corrected chi connectivity index (χ1v) is 10.7. The fourth-order valence-corrected chi connectivity index (χ4v) is 3.84. The largest absolute Gasteiger partial charge is 0.352 e. The number of hydrogen-bond acceptors (Lipinski definition) is 3. The number of halogens is 1. The quantitative estimate of drug-likeness (QED) is 0.601. The van der Waals surface area contributed by atoms with E-state index in [0.717, 1.165) is 5.56 Å². The van der Waals surface area contributed by atoms with Crippen LogP contribution >= 0.6 is 0 Å². The molecule has 3 aromatic rings. The molecule has 2 N–H and O–H groups in total. The number of nitrogens with one attached hydrogen (secondary N) is 2. The summed E-state index contributed by atoms with van der Waals surface area (Å²) in [5.74, 6) is -1.72. The Bertz CT molecular complexity index is 1210. The van der Waals surface area contributed by atoms with E-state index in [9.17, 15) is 18.8 Å². The molecule has 7 heteroatoms. The van der Waals surface area contributed by atoms with Crippen LogP contribution in [-0.4, -0.2) is 24.3 Å². The van der Waals surface area contributed by atoms with E-state index in [1.54, 1.807) is 42.5 Å². The first-order chi connectivity index (χ1) is 15.9. The van der Waals surface area contributed by atoms with Gasteiger partial charge in [0.05, 0.1) is 5.92 Å². The third-order valence-electron chi connectivity index (χ3n) is 5.60. The van der Waals surface area contributed by atoms with Gasteiger partial charge in [-0.3, -0.25) is 14.4 Å². The molecule has 6 nitrogen and oxygen atoms in total. The Balaban J connectivity index is 1.41. The van der Waals surface area contributed by atoms with Crippen LogP contribution in [0.15, 0.2) is 72.8 Å². The van der Waals surface area contributed by atoms with E-state index in [1.807, 2.05) is 31.2 Å². The van der Waals surface area contributed by atoms with Crippen molar-refractivity contribution in [3.8, 4) is 0 Å². The molecule has 3 aromatic carbocycles. The second-order valence-corrected chi connectivity index (χ2v) is 8.09. The molecule has 1 fully saturated rings. The normalized spacial score (nSPS) is 15.4. The van der Waals surface area contributed by atoms with Gasteiger partial charge in [0.1, 0.15) is 5.82 Å². The summed E-state index contributed by atoms with van der Waals surface area (Å²) in [6, 6.07) is 20.5. The van der Waals surface area contributed by atoms with E-state index in [0.29, 0.717) is 22.5 Å². The summed E-state index contributed by atoms with van der Waals surface area (Å²) in [5, 5.41) is 5.57. The van der Waals surface area contributed by atoms with Gasteiger partial charge in [-0.1, -0.05) is 36.4 Å². The molecule has 0 spiro atoms. The third kappa shape index (κ3) is 5.26. The molecule has 0 aliphatic carbocycles. The predicted molar refractivity (Wildman–Crippen MR) is 124 cm³/mol. The van der Waals surface area contributed by atoms with Crippen molar-refractivity contribution in [2.24, 2.45) is 5.92 Å². The van der Waals surface area contributed by atoms with Crippen LogP contribution in [-0.2, 0) is 16.1 Å². The van der Waals surface area contributed by atoms with Crippen molar-refractivity contribution in [1.82, 2.24) is 5.32 Å². The van der Waals surface area contributed by atoms with Crippen molar-refractivity contribution < 1.29 is 18.8 Å². The number of carbonyl (C=O) groups excluding carboxylic acids is 3. The monoisotopic (exact) mass is 445 g/mol. The van der Waals surface area contributed by atoms with Gasteiger partial charge in [-0.15, -0.1) is 0 Å². The van der Waals surface area contributed by atoms with Crippen molar-refractivity contribution in [2.75, 3.05) is 16.8 Å². The molecule has 0 radical (unpaired) electrons. The minimum Gasteiger partial charge on any atom is -0.352 e. The van der Waals surface area contributed by atoms with Gasteiger partial charge < -0.3 is 15.5 Å². The van der Waals surface area contributed by atoms with Crippen LogP contribution < -0.4 is 15.5 Å². The van der Waals surface area contributed by atoms with Crippen LogP contribution in [0.25, 0.3) is 0 Å². The fraction of sp³-hybridized carbons (Fsp3) is 0.192. The topological polar surface area (TPSA) is 78.5 Å². The van der Waals surface area contributed by atoms with Crippen molar-refractivity contribution >= 4 is 29.1 Å². The lowest BCUT2D eigenvalue weighted by Gasteiger charge is -2.18. The lowest BCUT2D eigenvalue weighted by molar-refractivity contribution is -0.126. The van der Waals surface area contributed by atoms with Gasteiger partial charge in [-0.05, 0) is 48.9 Å². The molecule has 0 aromatic heterocycles. The number of rotatable bonds is 6. The first kappa shape index (κ1) is 22.2. The van der Waals surface area contributed by atoms with E-state index in [1.165, 1.54) is 11.0 Å². The van der Waals surface area contributed by atoms with Crippen LogP contribution in [0.1, 0.15) is 27.9 Å². The molecule has 0 bridgehead atoms. The zero-order valence-electron chi connectivity index (χ0n) is 18.2. The molecule has 4 rings (SSSR count). The highest BCUT2D eigenvalue weighted by atomic mass is 19.1. The molecule has 1 aliphatic heterocycles. The Kier molecular flexibility index (Phi) is 6.49. The van der Waals surface area contributed by atoms with Crippen LogP contribution in [0.2, 0.25) is 0 Å². The summed E-state index contributed by atoms with van der Waals surface area (Å²) >= 11 is 0.